The Kier molecular flexibility index (Phi) is 7.67. The third-order valence-electron chi connectivity index (χ3n) is 5.24. The Morgan fingerprint density at radius 1 is 1.18 bits per heavy atom. The summed E-state index contributed by atoms with van der Waals surface area (Å²) in [6, 6.07) is 1.24. The molecule has 0 spiro atoms. The number of unbranched alkanes of at least 4 members (excludes halogenated alkanes) is 1. The van der Waals surface area contributed by atoms with E-state index in [1.165, 1.54) is 64.9 Å². The van der Waals surface area contributed by atoms with Crippen molar-refractivity contribution in [3.05, 3.63) is 0 Å². The van der Waals surface area contributed by atoms with Crippen LogP contribution < -0.4 is 5.32 Å². The minimum Gasteiger partial charge on any atom is -0.468 e. The SMILES string of the molecule is CCCCC1CC(NC2CCCCC2)CN(CC(=O)OC)C1. The van der Waals surface area contributed by atoms with Gasteiger partial charge >= 0.3 is 5.97 Å². The number of hydrogen-bond donors (Lipinski definition) is 1. The Hall–Kier alpha value is -0.610. The lowest BCUT2D eigenvalue weighted by atomic mass is 9.88. The summed E-state index contributed by atoms with van der Waals surface area (Å²) < 4.78 is 4.85. The average Bonchev–Trinajstić information content (AvgIpc) is 2.53. The predicted molar refractivity (Wildman–Crippen MR) is 89.9 cm³/mol. The molecule has 1 aliphatic heterocycles. The average molecular weight is 310 g/mol. The highest BCUT2D eigenvalue weighted by Gasteiger charge is 2.29. The molecule has 2 unspecified atom stereocenters. The molecule has 2 rings (SSSR count). The number of ether oxygens (including phenoxy) is 1. The van der Waals surface area contributed by atoms with Gasteiger partial charge in [0.25, 0.3) is 0 Å². The van der Waals surface area contributed by atoms with Gasteiger partial charge in [-0.3, -0.25) is 9.69 Å². The summed E-state index contributed by atoms with van der Waals surface area (Å²) in [4.78, 5) is 13.9. The molecule has 1 N–H and O–H groups in total. The Morgan fingerprint density at radius 3 is 2.64 bits per heavy atom. The fourth-order valence-electron chi connectivity index (χ4n) is 4.10. The van der Waals surface area contributed by atoms with E-state index in [1.54, 1.807) is 0 Å². The Balaban J connectivity index is 1.87. The van der Waals surface area contributed by atoms with Crippen LogP contribution in [0.25, 0.3) is 0 Å². The second kappa shape index (κ2) is 9.51. The number of hydrogen-bond acceptors (Lipinski definition) is 4. The minimum atomic E-state index is -0.104. The highest BCUT2D eigenvalue weighted by molar-refractivity contribution is 5.71. The Morgan fingerprint density at radius 2 is 1.95 bits per heavy atom. The molecule has 0 bridgehead atoms. The zero-order chi connectivity index (χ0) is 15.8. The molecule has 2 fully saturated rings. The molecule has 1 saturated carbocycles. The standard InChI is InChI=1S/C18H34N2O2/c1-3-4-8-15-11-17(19-16-9-6-5-7-10-16)13-20(12-15)14-18(21)22-2/h15-17,19H,3-14H2,1-2H3. The number of rotatable bonds is 7. The number of esters is 1. The van der Waals surface area contributed by atoms with Gasteiger partial charge in [-0.2, -0.15) is 0 Å². The largest absolute Gasteiger partial charge is 0.468 e. The monoisotopic (exact) mass is 310 g/mol. The highest BCUT2D eigenvalue weighted by Crippen LogP contribution is 2.24. The summed E-state index contributed by atoms with van der Waals surface area (Å²) in [5, 5.41) is 3.89. The van der Waals surface area contributed by atoms with Crippen molar-refractivity contribution in [2.24, 2.45) is 5.92 Å². The first-order chi connectivity index (χ1) is 10.7. The molecule has 4 heteroatoms. The fraction of sp³-hybridized carbons (Fsp3) is 0.944. The van der Waals surface area contributed by atoms with E-state index in [1.807, 2.05) is 0 Å². The molecule has 22 heavy (non-hydrogen) atoms. The molecule has 128 valence electrons. The molecule has 1 aliphatic carbocycles. The van der Waals surface area contributed by atoms with E-state index in [9.17, 15) is 4.79 Å². The van der Waals surface area contributed by atoms with Gasteiger partial charge in [-0.1, -0.05) is 39.0 Å². The molecule has 1 saturated heterocycles. The van der Waals surface area contributed by atoms with Crippen molar-refractivity contribution in [2.45, 2.75) is 76.8 Å². The van der Waals surface area contributed by atoms with Gasteiger partial charge in [0.05, 0.1) is 13.7 Å². The lowest BCUT2D eigenvalue weighted by Crippen LogP contribution is -2.53. The number of piperidine rings is 1. The number of nitrogens with zero attached hydrogens (tertiary/aromatic N) is 1. The smallest absolute Gasteiger partial charge is 0.319 e. The molecule has 0 amide bonds. The number of nitrogens with one attached hydrogen (secondary N) is 1. The number of carbonyl (C=O) groups excluding carboxylic acids is 1. The van der Waals surface area contributed by atoms with Crippen LogP contribution in [-0.4, -0.2) is 49.7 Å². The lowest BCUT2D eigenvalue weighted by Gasteiger charge is -2.40. The molecule has 0 radical (unpaired) electrons. The van der Waals surface area contributed by atoms with Crippen LogP contribution in [0.1, 0.15) is 64.7 Å². The van der Waals surface area contributed by atoms with Gasteiger partial charge in [-0.25, -0.2) is 0 Å². The molecule has 2 atom stereocenters. The lowest BCUT2D eigenvalue weighted by molar-refractivity contribution is -0.142. The van der Waals surface area contributed by atoms with E-state index in [4.69, 9.17) is 4.74 Å². The number of carbonyl (C=O) groups is 1. The second-order valence-corrected chi connectivity index (χ2v) is 7.21. The van der Waals surface area contributed by atoms with Crippen LogP contribution in [0.15, 0.2) is 0 Å². The van der Waals surface area contributed by atoms with Crippen LogP contribution >= 0.6 is 0 Å². The molecule has 0 aromatic carbocycles. The van der Waals surface area contributed by atoms with Gasteiger partial charge in [0.2, 0.25) is 0 Å². The maximum atomic E-state index is 11.6. The van der Waals surface area contributed by atoms with E-state index in [2.05, 4.69) is 17.1 Å². The first-order valence-electron chi connectivity index (χ1n) is 9.26. The maximum absolute atomic E-state index is 11.6. The Bertz CT molecular complexity index is 329. The summed E-state index contributed by atoms with van der Waals surface area (Å²) in [7, 11) is 1.48. The van der Waals surface area contributed by atoms with E-state index in [-0.39, 0.29) is 5.97 Å². The summed E-state index contributed by atoms with van der Waals surface area (Å²) >= 11 is 0. The molecular weight excluding hydrogens is 276 g/mol. The van der Waals surface area contributed by atoms with Crippen LogP contribution in [0, 0.1) is 5.92 Å². The quantitative estimate of drug-likeness (QED) is 0.734. The van der Waals surface area contributed by atoms with E-state index >= 15 is 0 Å². The fourth-order valence-corrected chi connectivity index (χ4v) is 4.10. The highest BCUT2D eigenvalue weighted by atomic mass is 16.5. The molecule has 0 aromatic heterocycles. The van der Waals surface area contributed by atoms with Crippen molar-refractivity contribution in [2.75, 3.05) is 26.7 Å². The van der Waals surface area contributed by atoms with Crippen molar-refractivity contribution in [1.82, 2.24) is 10.2 Å². The van der Waals surface area contributed by atoms with Crippen LogP contribution in [0.4, 0.5) is 0 Å². The molecule has 4 nitrogen and oxygen atoms in total. The zero-order valence-corrected chi connectivity index (χ0v) is 14.5. The van der Waals surface area contributed by atoms with Crippen molar-refractivity contribution in [1.29, 1.82) is 0 Å². The van der Waals surface area contributed by atoms with Crippen molar-refractivity contribution >= 4 is 5.97 Å². The van der Waals surface area contributed by atoms with Crippen LogP contribution in [0.3, 0.4) is 0 Å². The third-order valence-corrected chi connectivity index (χ3v) is 5.24. The van der Waals surface area contributed by atoms with E-state index in [0.29, 0.717) is 18.6 Å². The van der Waals surface area contributed by atoms with Crippen LogP contribution in [0.5, 0.6) is 0 Å². The maximum Gasteiger partial charge on any atom is 0.319 e. The van der Waals surface area contributed by atoms with Crippen molar-refractivity contribution < 1.29 is 9.53 Å². The third kappa shape index (κ3) is 5.88. The normalized spacial score (nSPS) is 27.7. The summed E-state index contributed by atoms with van der Waals surface area (Å²) in [5.74, 6) is 0.618. The van der Waals surface area contributed by atoms with Gasteiger partial charge in [0, 0.05) is 25.2 Å². The van der Waals surface area contributed by atoms with Crippen molar-refractivity contribution in [3.8, 4) is 0 Å². The molecule has 2 aliphatic rings. The second-order valence-electron chi connectivity index (χ2n) is 7.21. The summed E-state index contributed by atoms with van der Waals surface area (Å²) in [5.41, 5.74) is 0. The van der Waals surface area contributed by atoms with Crippen molar-refractivity contribution in [3.63, 3.8) is 0 Å². The van der Waals surface area contributed by atoms with Gasteiger partial charge in [-0.05, 0) is 31.6 Å². The van der Waals surface area contributed by atoms with E-state index in [0.717, 1.165) is 19.0 Å². The molecule has 0 aromatic rings. The number of methoxy groups -OCH3 is 1. The number of likely N-dealkylation sites (tertiary alicyclic amines) is 1. The molecule has 1 heterocycles. The molecular formula is C18H34N2O2. The van der Waals surface area contributed by atoms with Gasteiger partial charge in [0.1, 0.15) is 0 Å². The van der Waals surface area contributed by atoms with E-state index < -0.39 is 0 Å². The Labute approximate surface area is 136 Å². The predicted octanol–water partition coefficient (Wildman–Crippen LogP) is 2.96. The van der Waals surface area contributed by atoms with Crippen LogP contribution in [-0.2, 0) is 9.53 Å². The topological polar surface area (TPSA) is 41.6 Å². The van der Waals surface area contributed by atoms with Crippen LogP contribution in [0.2, 0.25) is 0 Å². The minimum absolute atomic E-state index is 0.104. The zero-order valence-electron chi connectivity index (χ0n) is 14.5. The summed E-state index contributed by atoms with van der Waals surface area (Å²) in [6.45, 7) is 4.75. The van der Waals surface area contributed by atoms with Gasteiger partial charge < -0.3 is 10.1 Å². The first kappa shape index (κ1) is 17.7. The summed E-state index contributed by atoms with van der Waals surface area (Å²) in [6.07, 6.45) is 11.9. The first-order valence-corrected chi connectivity index (χ1v) is 9.26. The van der Waals surface area contributed by atoms with Gasteiger partial charge in [0.15, 0.2) is 0 Å². The van der Waals surface area contributed by atoms with Gasteiger partial charge in [-0.15, -0.1) is 0 Å².